The molecule has 0 atom stereocenters. The molecular formula is C21H18F2N2O3S. The zero-order chi connectivity index (χ0) is 21.0. The van der Waals surface area contributed by atoms with E-state index >= 15 is 0 Å². The van der Waals surface area contributed by atoms with Gasteiger partial charge >= 0.3 is 0 Å². The summed E-state index contributed by atoms with van der Waals surface area (Å²) < 4.78 is 51.7. The van der Waals surface area contributed by atoms with Crippen molar-refractivity contribution in [2.45, 2.75) is 12.7 Å². The molecule has 0 heterocycles. The number of sulfonamides is 1. The highest BCUT2D eigenvalue weighted by Crippen LogP contribution is 2.24. The molecule has 3 rings (SSSR count). The first-order valence-corrected chi connectivity index (χ1v) is 10.3. The summed E-state index contributed by atoms with van der Waals surface area (Å²) in [6, 6.07) is 17.0. The molecule has 0 bridgehead atoms. The summed E-state index contributed by atoms with van der Waals surface area (Å²) in [6.07, 6.45) is 0. The van der Waals surface area contributed by atoms with Crippen LogP contribution < -0.4 is 10.3 Å². The van der Waals surface area contributed by atoms with Crippen LogP contribution in [0.1, 0.15) is 21.5 Å². The number of nitrogens with one attached hydrogen (secondary N) is 2. The lowest BCUT2D eigenvalue weighted by Crippen LogP contribution is -2.42. The molecule has 3 aromatic carbocycles. The molecule has 8 heteroatoms. The van der Waals surface area contributed by atoms with Gasteiger partial charge in [0.15, 0.2) is 0 Å². The Morgan fingerprint density at radius 1 is 0.931 bits per heavy atom. The van der Waals surface area contributed by atoms with Crippen molar-refractivity contribution >= 4 is 15.9 Å². The van der Waals surface area contributed by atoms with E-state index in [1.165, 1.54) is 25.1 Å². The van der Waals surface area contributed by atoms with E-state index in [4.69, 9.17) is 0 Å². The van der Waals surface area contributed by atoms with Crippen LogP contribution in [0, 0.1) is 18.6 Å². The number of halogens is 2. The van der Waals surface area contributed by atoms with E-state index < -0.39 is 33.3 Å². The normalized spacial score (nSPS) is 11.3. The van der Waals surface area contributed by atoms with Crippen molar-refractivity contribution < 1.29 is 22.0 Å². The number of hydrazine groups is 1. The molecule has 0 aliphatic rings. The molecule has 1 amide bonds. The average molecular weight is 416 g/mol. The molecule has 0 fully saturated rings. The van der Waals surface area contributed by atoms with Gasteiger partial charge in [0.2, 0.25) is 10.0 Å². The Balaban J connectivity index is 1.76. The number of rotatable bonds is 6. The smallest absolute Gasteiger partial charge is 0.269 e. The molecule has 0 aromatic heterocycles. The number of amides is 1. The Morgan fingerprint density at radius 2 is 1.59 bits per heavy atom. The molecule has 0 radical (unpaired) electrons. The highest BCUT2D eigenvalue weighted by molar-refractivity contribution is 7.88. The number of carbonyl (C=O) groups is 1. The first-order valence-electron chi connectivity index (χ1n) is 8.65. The summed E-state index contributed by atoms with van der Waals surface area (Å²) in [5, 5.41) is 0. The highest BCUT2D eigenvalue weighted by Gasteiger charge is 2.19. The standard InChI is InChI=1S/C21H18F2N2O3S/c1-14-11-17(16-5-3-2-4-6-16)12-19(20(14)23)21(26)24-25-29(27,28)13-15-7-9-18(22)10-8-15/h2-12,25H,13H2,1H3,(H,24,26). The Kier molecular flexibility index (Phi) is 6.05. The third-order valence-electron chi connectivity index (χ3n) is 4.20. The fourth-order valence-corrected chi connectivity index (χ4v) is 3.71. The summed E-state index contributed by atoms with van der Waals surface area (Å²) in [6.45, 7) is 1.53. The zero-order valence-electron chi connectivity index (χ0n) is 15.4. The maximum Gasteiger partial charge on any atom is 0.269 e. The van der Waals surface area contributed by atoms with Gasteiger partial charge in [0.1, 0.15) is 11.6 Å². The van der Waals surface area contributed by atoms with Gasteiger partial charge in [0.25, 0.3) is 5.91 Å². The lowest BCUT2D eigenvalue weighted by atomic mass is 9.99. The molecule has 0 spiro atoms. The minimum absolute atomic E-state index is 0.255. The van der Waals surface area contributed by atoms with Gasteiger partial charge in [0, 0.05) is 0 Å². The van der Waals surface area contributed by atoms with E-state index in [1.807, 2.05) is 40.6 Å². The third-order valence-corrected chi connectivity index (χ3v) is 5.32. The molecule has 3 aromatic rings. The number of carbonyl (C=O) groups excluding carboxylic acids is 1. The van der Waals surface area contributed by atoms with E-state index in [1.54, 1.807) is 6.07 Å². The lowest BCUT2D eigenvalue weighted by molar-refractivity contribution is 0.0941. The van der Waals surface area contributed by atoms with Gasteiger partial charge < -0.3 is 0 Å². The molecule has 0 saturated heterocycles. The minimum Gasteiger partial charge on any atom is -0.274 e. The van der Waals surface area contributed by atoms with Crippen LogP contribution >= 0.6 is 0 Å². The van der Waals surface area contributed by atoms with E-state index in [9.17, 15) is 22.0 Å². The Morgan fingerprint density at radius 3 is 2.24 bits per heavy atom. The molecule has 0 aliphatic carbocycles. The van der Waals surface area contributed by atoms with Gasteiger partial charge in [-0.15, -0.1) is 4.83 Å². The molecule has 29 heavy (non-hydrogen) atoms. The molecule has 2 N–H and O–H groups in total. The summed E-state index contributed by atoms with van der Waals surface area (Å²) in [5.74, 6) is -2.62. The van der Waals surface area contributed by atoms with E-state index in [0.29, 0.717) is 11.1 Å². The molecular weight excluding hydrogens is 398 g/mol. The van der Waals surface area contributed by atoms with Gasteiger partial charge in [-0.1, -0.05) is 42.5 Å². The maximum atomic E-state index is 14.5. The van der Waals surface area contributed by atoms with Crippen molar-refractivity contribution in [3.05, 3.63) is 95.1 Å². The topological polar surface area (TPSA) is 75.3 Å². The van der Waals surface area contributed by atoms with Crippen molar-refractivity contribution in [2.75, 3.05) is 0 Å². The van der Waals surface area contributed by atoms with Crippen LogP contribution in [0.25, 0.3) is 11.1 Å². The SMILES string of the molecule is Cc1cc(-c2ccccc2)cc(C(=O)NNS(=O)(=O)Cc2ccc(F)cc2)c1F. The van der Waals surface area contributed by atoms with Crippen molar-refractivity contribution in [3.8, 4) is 11.1 Å². The third kappa shape index (κ3) is 5.24. The van der Waals surface area contributed by atoms with Crippen molar-refractivity contribution in [1.82, 2.24) is 10.3 Å². The molecule has 0 saturated carbocycles. The molecule has 150 valence electrons. The predicted octanol–water partition coefficient (Wildman–Crippen LogP) is 3.70. The van der Waals surface area contributed by atoms with Gasteiger partial charge in [-0.3, -0.25) is 10.2 Å². The zero-order valence-corrected chi connectivity index (χ0v) is 16.3. The fourth-order valence-electron chi connectivity index (χ4n) is 2.76. The van der Waals surface area contributed by atoms with Crippen LogP contribution in [0.5, 0.6) is 0 Å². The van der Waals surface area contributed by atoms with Crippen molar-refractivity contribution in [2.24, 2.45) is 0 Å². The van der Waals surface area contributed by atoms with Gasteiger partial charge in [-0.25, -0.2) is 17.2 Å². The fraction of sp³-hybridized carbons (Fsp3) is 0.0952. The first-order chi connectivity index (χ1) is 13.7. The largest absolute Gasteiger partial charge is 0.274 e. The van der Waals surface area contributed by atoms with E-state index in [2.05, 4.69) is 0 Å². The van der Waals surface area contributed by atoms with E-state index in [0.717, 1.165) is 17.7 Å². The number of hydrogen-bond acceptors (Lipinski definition) is 3. The molecule has 0 unspecified atom stereocenters. The molecule has 0 aliphatic heterocycles. The van der Waals surface area contributed by atoms with Crippen LogP contribution in [0.15, 0.2) is 66.7 Å². The average Bonchev–Trinajstić information content (AvgIpc) is 2.70. The lowest BCUT2D eigenvalue weighted by Gasteiger charge is -2.12. The summed E-state index contributed by atoms with van der Waals surface area (Å²) in [4.78, 5) is 14.4. The van der Waals surface area contributed by atoms with Crippen LogP contribution in [-0.4, -0.2) is 14.3 Å². The van der Waals surface area contributed by atoms with Crippen molar-refractivity contribution in [1.29, 1.82) is 0 Å². The second kappa shape index (κ2) is 8.50. The van der Waals surface area contributed by atoms with Gasteiger partial charge in [-0.2, -0.15) is 0 Å². The van der Waals surface area contributed by atoms with Crippen LogP contribution in [0.4, 0.5) is 8.78 Å². The summed E-state index contributed by atoms with van der Waals surface area (Å²) in [7, 11) is -3.96. The van der Waals surface area contributed by atoms with Crippen LogP contribution in [0.2, 0.25) is 0 Å². The van der Waals surface area contributed by atoms with Gasteiger partial charge in [0.05, 0.1) is 11.3 Å². The maximum absolute atomic E-state index is 14.5. The summed E-state index contributed by atoms with van der Waals surface area (Å²) in [5.41, 5.74) is 3.75. The minimum atomic E-state index is -3.96. The highest BCUT2D eigenvalue weighted by atomic mass is 32.2. The monoisotopic (exact) mass is 416 g/mol. The molecule has 5 nitrogen and oxygen atoms in total. The van der Waals surface area contributed by atoms with Crippen LogP contribution in [-0.2, 0) is 15.8 Å². The van der Waals surface area contributed by atoms with E-state index in [-0.39, 0.29) is 11.1 Å². The second-order valence-corrected chi connectivity index (χ2v) is 8.18. The summed E-state index contributed by atoms with van der Waals surface area (Å²) >= 11 is 0. The van der Waals surface area contributed by atoms with Gasteiger partial charge in [-0.05, 0) is 53.4 Å². The Bertz CT molecular complexity index is 1130. The number of benzene rings is 3. The Hall–Kier alpha value is -3.10. The Labute approximate surface area is 167 Å². The number of hydrogen-bond donors (Lipinski definition) is 2. The quantitative estimate of drug-likeness (QED) is 0.602. The predicted molar refractivity (Wildman–Crippen MR) is 106 cm³/mol. The second-order valence-electron chi connectivity index (χ2n) is 6.46. The van der Waals surface area contributed by atoms with Crippen LogP contribution in [0.3, 0.4) is 0 Å². The van der Waals surface area contributed by atoms with Crippen molar-refractivity contribution in [3.63, 3.8) is 0 Å². The number of aryl methyl sites for hydroxylation is 1. The first kappa shape index (κ1) is 20.6.